The van der Waals surface area contributed by atoms with Crippen molar-refractivity contribution in [3.05, 3.63) is 82.6 Å². The van der Waals surface area contributed by atoms with Gasteiger partial charge in [0.05, 0.1) is 12.2 Å². The first kappa shape index (κ1) is 27.0. The summed E-state index contributed by atoms with van der Waals surface area (Å²) in [7, 11) is 2.16. The molecule has 1 fully saturated rings. The number of hydrogen-bond donors (Lipinski definition) is 0. The van der Waals surface area contributed by atoms with Crippen LogP contribution < -0.4 is 14.5 Å². The molecule has 0 saturated carbocycles. The summed E-state index contributed by atoms with van der Waals surface area (Å²) >= 11 is 0. The fourth-order valence-corrected chi connectivity index (χ4v) is 7.14. The largest absolute Gasteiger partial charge is 0.424 e. The van der Waals surface area contributed by atoms with E-state index < -0.39 is 0 Å². The maximum atomic E-state index is 12.2. The average molecular weight is 565 g/mol. The van der Waals surface area contributed by atoms with Crippen LogP contribution in [-0.4, -0.2) is 72.0 Å². The Morgan fingerprint density at radius 2 is 1.60 bits per heavy atom. The number of likely N-dealkylation sites (N-methyl/N-ethyl adjacent to an activating group) is 1. The van der Waals surface area contributed by atoms with Crippen molar-refractivity contribution in [2.75, 3.05) is 56.1 Å². The second kappa shape index (κ2) is 11.4. The lowest BCUT2D eigenvalue weighted by Crippen LogP contribution is -2.49. The Labute approximate surface area is 248 Å². The summed E-state index contributed by atoms with van der Waals surface area (Å²) in [5.74, 6) is 1.81. The molecule has 2 aromatic carbocycles. The minimum atomic E-state index is -0.00952. The van der Waals surface area contributed by atoms with E-state index in [4.69, 9.17) is 14.7 Å². The van der Waals surface area contributed by atoms with Crippen molar-refractivity contribution >= 4 is 17.4 Å². The van der Waals surface area contributed by atoms with Crippen LogP contribution >= 0.6 is 0 Å². The molecule has 8 nitrogen and oxygen atoms in total. The van der Waals surface area contributed by atoms with Crippen LogP contribution in [0.1, 0.15) is 46.4 Å². The first-order valence-corrected chi connectivity index (χ1v) is 15.5. The average Bonchev–Trinajstić information content (AvgIpc) is 3.03. The Kier molecular flexibility index (Phi) is 7.32. The number of hydrogen-bond acceptors (Lipinski definition) is 7. The molecular weight excluding hydrogens is 524 g/mol. The van der Waals surface area contributed by atoms with Crippen LogP contribution in [0.5, 0.6) is 11.8 Å². The normalized spacial score (nSPS) is 18.6. The summed E-state index contributed by atoms with van der Waals surface area (Å²) in [6.45, 7) is 10.0. The quantitative estimate of drug-likeness (QED) is 0.422. The van der Waals surface area contributed by atoms with Crippen LogP contribution in [0.15, 0.2) is 49.1 Å². The van der Waals surface area contributed by atoms with E-state index in [1.54, 1.807) is 0 Å². The van der Waals surface area contributed by atoms with Gasteiger partial charge in [0.15, 0.2) is 0 Å². The van der Waals surface area contributed by atoms with Gasteiger partial charge in [0.25, 0.3) is 0 Å². The standard InChI is InChI=1S/C34H40N6O2/c1-3-32(41)38-18-20-39(21-19-38)33-28-15-17-40(30-12-6-9-24-8-4-5-11-26(24)30)23-29(28)35-34(36-33)42-31-13-7-10-25-22-37(2)16-14-27(25)31/h3,6-7,9-10,12-13H,1,4-5,8,11,14-23H2,2H3. The van der Waals surface area contributed by atoms with Gasteiger partial charge in [-0.3, -0.25) is 4.79 Å². The molecule has 42 heavy (non-hydrogen) atoms. The molecule has 8 heteroatoms. The molecule has 0 N–H and O–H groups in total. The van der Waals surface area contributed by atoms with Gasteiger partial charge in [-0.2, -0.15) is 9.97 Å². The zero-order valence-electron chi connectivity index (χ0n) is 24.6. The maximum absolute atomic E-state index is 12.2. The molecule has 1 aromatic heterocycles. The van der Waals surface area contributed by atoms with Crippen LogP contribution in [0.3, 0.4) is 0 Å². The predicted octanol–water partition coefficient (Wildman–Crippen LogP) is 4.53. The number of carbonyl (C=O) groups is 1. The van der Waals surface area contributed by atoms with E-state index in [1.807, 2.05) is 4.90 Å². The zero-order chi connectivity index (χ0) is 28.6. The van der Waals surface area contributed by atoms with Crippen LogP contribution in [0, 0.1) is 0 Å². The minimum absolute atomic E-state index is 0.00952. The van der Waals surface area contributed by atoms with Crippen molar-refractivity contribution in [1.29, 1.82) is 0 Å². The lowest BCUT2D eigenvalue weighted by atomic mass is 9.89. The van der Waals surface area contributed by atoms with E-state index in [1.165, 1.54) is 58.8 Å². The molecule has 218 valence electrons. The highest BCUT2D eigenvalue weighted by Crippen LogP contribution is 2.37. The lowest BCUT2D eigenvalue weighted by Gasteiger charge is -2.38. The van der Waals surface area contributed by atoms with Gasteiger partial charge >= 0.3 is 6.01 Å². The van der Waals surface area contributed by atoms with E-state index in [0.29, 0.717) is 19.1 Å². The highest BCUT2D eigenvalue weighted by molar-refractivity contribution is 5.87. The molecule has 4 heterocycles. The third-order valence-corrected chi connectivity index (χ3v) is 9.42. The smallest absolute Gasteiger partial charge is 0.324 e. The van der Waals surface area contributed by atoms with E-state index in [0.717, 1.165) is 75.8 Å². The first-order chi connectivity index (χ1) is 20.6. The number of nitrogens with zero attached hydrogens (tertiary/aromatic N) is 6. The van der Waals surface area contributed by atoms with Gasteiger partial charge in [-0.1, -0.05) is 30.8 Å². The number of amides is 1. The van der Waals surface area contributed by atoms with Crippen LogP contribution in [0.4, 0.5) is 11.5 Å². The molecule has 7 rings (SSSR count). The molecule has 3 aliphatic heterocycles. The third kappa shape index (κ3) is 5.13. The number of ether oxygens (including phenoxy) is 1. The molecule has 4 aliphatic rings. The zero-order valence-corrected chi connectivity index (χ0v) is 24.6. The molecule has 0 spiro atoms. The SMILES string of the molecule is C=CC(=O)N1CCN(c2nc(Oc3cccc4c3CCN(C)C4)nc3c2CCN(c2cccc4c2CCCC4)C3)CC1. The third-order valence-electron chi connectivity index (χ3n) is 9.42. The fourth-order valence-electron chi connectivity index (χ4n) is 7.14. The lowest BCUT2D eigenvalue weighted by molar-refractivity contribution is -0.126. The molecule has 0 unspecified atom stereocenters. The Morgan fingerprint density at radius 3 is 2.45 bits per heavy atom. The van der Waals surface area contributed by atoms with Gasteiger partial charge in [0.2, 0.25) is 5.91 Å². The van der Waals surface area contributed by atoms with Gasteiger partial charge in [0.1, 0.15) is 11.6 Å². The molecule has 1 saturated heterocycles. The van der Waals surface area contributed by atoms with Gasteiger partial charge in [-0.25, -0.2) is 0 Å². The Balaban J connectivity index is 1.23. The van der Waals surface area contributed by atoms with Crippen LogP contribution in [-0.2, 0) is 43.6 Å². The molecule has 0 atom stereocenters. The van der Waals surface area contributed by atoms with Crippen molar-refractivity contribution in [1.82, 2.24) is 19.8 Å². The van der Waals surface area contributed by atoms with Crippen molar-refractivity contribution in [3.63, 3.8) is 0 Å². The molecule has 0 bridgehead atoms. The molecule has 1 aliphatic carbocycles. The maximum Gasteiger partial charge on any atom is 0.324 e. The fraction of sp³-hybridized carbons (Fsp3) is 0.441. The Bertz CT molecular complexity index is 1510. The van der Waals surface area contributed by atoms with Crippen LogP contribution in [0.2, 0.25) is 0 Å². The monoisotopic (exact) mass is 564 g/mol. The summed E-state index contributed by atoms with van der Waals surface area (Å²) < 4.78 is 6.55. The van der Waals surface area contributed by atoms with Crippen molar-refractivity contribution in [2.45, 2.75) is 51.6 Å². The minimum Gasteiger partial charge on any atom is -0.424 e. The number of carbonyl (C=O) groups excluding carboxylic acids is 1. The van der Waals surface area contributed by atoms with Crippen LogP contribution in [0.25, 0.3) is 0 Å². The number of benzene rings is 2. The van der Waals surface area contributed by atoms with E-state index >= 15 is 0 Å². The van der Waals surface area contributed by atoms with E-state index in [-0.39, 0.29) is 5.91 Å². The van der Waals surface area contributed by atoms with E-state index in [9.17, 15) is 4.79 Å². The summed E-state index contributed by atoms with van der Waals surface area (Å²) in [6, 6.07) is 13.5. The molecule has 0 radical (unpaired) electrons. The number of piperazine rings is 1. The summed E-state index contributed by atoms with van der Waals surface area (Å²) in [4.78, 5) is 31.4. The molecule has 1 amide bonds. The Hall–Kier alpha value is -3.91. The highest BCUT2D eigenvalue weighted by atomic mass is 16.5. The number of aromatic nitrogens is 2. The molecule has 3 aromatic rings. The van der Waals surface area contributed by atoms with Gasteiger partial charge in [-0.15, -0.1) is 0 Å². The van der Waals surface area contributed by atoms with Gasteiger partial charge in [0, 0.05) is 62.6 Å². The second-order valence-corrected chi connectivity index (χ2v) is 12.0. The van der Waals surface area contributed by atoms with E-state index in [2.05, 4.69) is 64.7 Å². The summed E-state index contributed by atoms with van der Waals surface area (Å²) in [5, 5.41) is 0. The molecular formula is C34H40N6O2. The summed E-state index contributed by atoms with van der Waals surface area (Å²) in [5.41, 5.74) is 9.20. The predicted molar refractivity (Wildman–Crippen MR) is 165 cm³/mol. The second-order valence-electron chi connectivity index (χ2n) is 12.0. The number of aryl methyl sites for hydroxylation is 1. The van der Waals surface area contributed by atoms with Crippen molar-refractivity contribution in [2.24, 2.45) is 0 Å². The number of fused-ring (bicyclic) bond motifs is 3. The van der Waals surface area contributed by atoms with Crippen molar-refractivity contribution in [3.8, 4) is 11.8 Å². The summed E-state index contributed by atoms with van der Waals surface area (Å²) in [6.07, 6.45) is 8.11. The number of rotatable bonds is 5. The topological polar surface area (TPSA) is 65.0 Å². The number of anilines is 2. The van der Waals surface area contributed by atoms with Gasteiger partial charge < -0.3 is 24.3 Å². The van der Waals surface area contributed by atoms with Crippen molar-refractivity contribution < 1.29 is 9.53 Å². The first-order valence-electron chi connectivity index (χ1n) is 15.5. The highest BCUT2D eigenvalue weighted by Gasteiger charge is 2.30. The Morgan fingerprint density at radius 1 is 0.810 bits per heavy atom. The van der Waals surface area contributed by atoms with Gasteiger partial charge in [-0.05, 0) is 80.5 Å².